The van der Waals surface area contributed by atoms with E-state index in [2.05, 4.69) is 78.5 Å². The summed E-state index contributed by atoms with van der Waals surface area (Å²) in [5.41, 5.74) is 3.87. The molecule has 0 radical (unpaired) electrons. The SMILES string of the molecule is CC[N+](CC)(CC)CCOCCOCCN(CCOCC[N+](CC)(CC)CC)c1cc(C)ccc1C. The lowest BCUT2D eigenvalue weighted by Crippen LogP contribution is -2.49. The van der Waals surface area contributed by atoms with E-state index in [1.807, 2.05) is 0 Å². The van der Waals surface area contributed by atoms with Gasteiger partial charge in [-0.3, -0.25) is 0 Å². The van der Waals surface area contributed by atoms with Crippen LogP contribution in [0.3, 0.4) is 0 Å². The highest BCUT2D eigenvalue weighted by atomic mass is 16.5. The quantitative estimate of drug-likeness (QED) is 0.164. The standard InChI is InChI=1S/C30H59N3O3/c1-9-32(10-2,11-3)19-23-34-21-17-31(30-27-28(7)15-16-29(30)8)18-22-35-25-26-36-24-20-33(12-4,13-5)14-6/h15-16,27H,9-14,17-26H2,1-8H3/q+2. The summed E-state index contributed by atoms with van der Waals surface area (Å²) < 4.78 is 20.2. The maximum atomic E-state index is 6.12. The molecule has 0 saturated carbocycles. The Balaban J connectivity index is 2.47. The number of anilines is 1. The zero-order valence-electron chi connectivity index (χ0n) is 25.1. The topological polar surface area (TPSA) is 30.9 Å². The van der Waals surface area contributed by atoms with Crippen molar-refractivity contribution in [3.63, 3.8) is 0 Å². The summed E-state index contributed by atoms with van der Waals surface area (Å²) in [6, 6.07) is 6.68. The maximum absolute atomic E-state index is 6.12. The third-order valence-corrected chi connectivity index (χ3v) is 8.53. The van der Waals surface area contributed by atoms with Gasteiger partial charge in [-0.15, -0.1) is 0 Å². The van der Waals surface area contributed by atoms with E-state index in [-0.39, 0.29) is 0 Å². The molecular weight excluding hydrogens is 450 g/mol. The van der Waals surface area contributed by atoms with Crippen molar-refractivity contribution in [1.29, 1.82) is 0 Å². The van der Waals surface area contributed by atoms with Crippen LogP contribution in [0.2, 0.25) is 0 Å². The highest BCUT2D eigenvalue weighted by Crippen LogP contribution is 2.21. The molecule has 1 aromatic carbocycles. The Labute approximate surface area is 223 Å². The van der Waals surface area contributed by atoms with Gasteiger partial charge in [-0.1, -0.05) is 12.1 Å². The average Bonchev–Trinajstić information content (AvgIpc) is 2.91. The van der Waals surface area contributed by atoms with Crippen molar-refractivity contribution in [3.8, 4) is 0 Å². The minimum Gasteiger partial charge on any atom is -0.377 e. The minimum atomic E-state index is 0.645. The van der Waals surface area contributed by atoms with Gasteiger partial charge in [-0.25, -0.2) is 0 Å². The van der Waals surface area contributed by atoms with Crippen LogP contribution < -0.4 is 4.90 Å². The van der Waals surface area contributed by atoms with E-state index in [9.17, 15) is 0 Å². The van der Waals surface area contributed by atoms with Crippen LogP contribution in [-0.4, -0.2) is 114 Å². The molecule has 210 valence electrons. The Morgan fingerprint density at radius 2 is 1.00 bits per heavy atom. The van der Waals surface area contributed by atoms with Crippen molar-refractivity contribution in [2.45, 2.75) is 55.4 Å². The number of hydrogen-bond acceptors (Lipinski definition) is 4. The molecule has 0 spiro atoms. The first-order valence-electron chi connectivity index (χ1n) is 14.6. The second-order valence-corrected chi connectivity index (χ2v) is 10.1. The number of rotatable bonds is 22. The smallest absolute Gasteiger partial charge is 0.102 e. The van der Waals surface area contributed by atoms with E-state index in [1.165, 1.54) is 56.1 Å². The van der Waals surface area contributed by atoms with Crippen LogP contribution in [0.15, 0.2) is 18.2 Å². The fraction of sp³-hybridized carbons (Fsp3) is 0.800. The van der Waals surface area contributed by atoms with Gasteiger partial charge >= 0.3 is 0 Å². The molecule has 0 saturated heterocycles. The average molecular weight is 510 g/mol. The number of hydrogen-bond donors (Lipinski definition) is 0. The highest BCUT2D eigenvalue weighted by molar-refractivity contribution is 5.54. The summed E-state index contributed by atoms with van der Waals surface area (Å²) >= 11 is 0. The number of ether oxygens (including phenoxy) is 3. The first-order chi connectivity index (χ1) is 17.3. The Morgan fingerprint density at radius 1 is 0.583 bits per heavy atom. The monoisotopic (exact) mass is 509 g/mol. The summed E-state index contributed by atoms with van der Waals surface area (Å²) in [6.45, 7) is 33.3. The maximum Gasteiger partial charge on any atom is 0.102 e. The molecule has 6 heteroatoms. The molecule has 0 N–H and O–H groups in total. The number of nitrogens with zero attached hydrogens (tertiary/aromatic N) is 3. The normalized spacial score (nSPS) is 12.3. The van der Waals surface area contributed by atoms with Crippen molar-refractivity contribution in [2.75, 3.05) is 110 Å². The van der Waals surface area contributed by atoms with Gasteiger partial charge in [0.15, 0.2) is 0 Å². The van der Waals surface area contributed by atoms with Crippen LogP contribution in [0.4, 0.5) is 5.69 Å². The number of aryl methyl sites for hydroxylation is 2. The first kappa shape index (κ1) is 32.8. The van der Waals surface area contributed by atoms with E-state index in [1.54, 1.807) is 0 Å². The van der Waals surface area contributed by atoms with Gasteiger partial charge in [-0.05, 0) is 72.6 Å². The van der Waals surface area contributed by atoms with Gasteiger partial charge in [0.05, 0.1) is 78.9 Å². The van der Waals surface area contributed by atoms with Crippen molar-refractivity contribution in [1.82, 2.24) is 0 Å². The molecule has 6 nitrogen and oxygen atoms in total. The third-order valence-electron chi connectivity index (χ3n) is 8.53. The molecule has 0 aliphatic rings. The van der Waals surface area contributed by atoms with E-state index in [0.29, 0.717) is 19.8 Å². The van der Waals surface area contributed by atoms with Crippen LogP contribution in [0, 0.1) is 13.8 Å². The molecule has 0 heterocycles. The van der Waals surface area contributed by atoms with Crippen molar-refractivity contribution < 1.29 is 23.2 Å². The second kappa shape index (κ2) is 18.1. The fourth-order valence-corrected chi connectivity index (χ4v) is 4.99. The summed E-state index contributed by atoms with van der Waals surface area (Å²) in [5.74, 6) is 0. The van der Waals surface area contributed by atoms with E-state index in [0.717, 1.165) is 55.0 Å². The molecule has 1 rings (SSSR count). The van der Waals surface area contributed by atoms with Gasteiger partial charge in [0.1, 0.15) is 13.1 Å². The van der Waals surface area contributed by atoms with Gasteiger partial charge < -0.3 is 28.1 Å². The Morgan fingerprint density at radius 3 is 1.44 bits per heavy atom. The molecule has 0 amide bonds. The second-order valence-electron chi connectivity index (χ2n) is 10.1. The van der Waals surface area contributed by atoms with Crippen molar-refractivity contribution >= 4 is 5.69 Å². The van der Waals surface area contributed by atoms with Crippen LogP contribution in [0.25, 0.3) is 0 Å². The third kappa shape index (κ3) is 11.1. The van der Waals surface area contributed by atoms with Crippen LogP contribution in [0.5, 0.6) is 0 Å². The molecule has 0 aromatic heterocycles. The molecule has 0 unspecified atom stereocenters. The van der Waals surface area contributed by atoms with Gasteiger partial charge in [-0.2, -0.15) is 0 Å². The van der Waals surface area contributed by atoms with E-state index >= 15 is 0 Å². The Kier molecular flexibility index (Phi) is 16.5. The van der Waals surface area contributed by atoms with E-state index < -0.39 is 0 Å². The van der Waals surface area contributed by atoms with Crippen LogP contribution in [-0.2, 0) is 14.2 Å². The molecule has 0 atom stereocenters. The Hall–Kier alpha value is -1.18. The van der Waals surface area contributed by atoms with E-state index in [4.69, 9.17) is 14.2 Å². The zero-order valence-corrected chi connectivity index (χ0v) is 25.1. The molecule has 0 bridgehead atoms. The van der Waals surface area contributed by atoms with Gasteiger partial charge in [0.25, 0.3) is 0 Å². The number of quaternary nitrogens is 2. The first-order valence-corrected chi connectivity index (χ1v) is 14.6. The largest absolute Gasteiger partial charge is 0.377 e. The lowest BCUT2D eigenvalue weighted by Gasteiger charge is -2.35. The van der Waals surface area contributed by atoms with Crippen molar-refractivity contribution in [2.24, 2.45) is 0 Å². The molecule has 36 heavy (non-hydrogen) atoms. The molecule has 0 fully saturated rings. The summed E-state index contributed by atoms with van der Waals surface area (Å²) in [7, 11) is 0. The highest BCUT2D eigenvalue weighted by Gasteiger charge is 2.21. The van der Waals surface area contributed by atoms with Crippen molar-refractivity contribution in [3.05, 3.63) is 29.3 Å². The molecule has 0 aliphatic heterocycles. The number of likely N-dealkylation sites (N-methyl/N-ethyl adjacent to an activating group) is 2. The lowest BCUT2D eigenvalue weighted by molar-refractivity contribution is -0.923. The fourth-order valence-electron chi connectivity index (χ4n) is 4.99. The summed E-state index contributed by atoms with van der Waals surface area (Å²) in [5, 5.41) is 0. The van der Waals surface area contributed by atoms with Gasteiger partial charge in [0.2, 0.25) is 0 Å². The van der Waals surface area contributed by atoms with Crippen LogP contribution in [0.1, 0.15) is 52.7 Å². The molecular formula is C30H59N3O3+2. The minimum absolute atomic E-state index is 0.645. The number of benzene rings is 1. The van der Waals surface area contributed by atoms with Gasteiger partial charge in [0, 0.05) is 18.8 Å². The zero-order chi connectivity index (χ0) is 26.9. The molecule has 0 aliphatic carbocycles. The van der Waals surface area contributed by atoms with Crippen LogP contribution >= 0.6 is 0 Å². The predicted octanol–water partition coefficient (Wildman–Crippen LogP) is 4.91. The lowest BCUT2D eigenvalue weighted by atomic mass is 10.1. The summed E-state index contributed by atoms with van der Waals surface area (Å²) in [6.07, 6.45) is 0. The summed E-state index contributed by atoms with van der Waals surface area (Å²) in [4.78, 5) is 2.42. The molecule has 1 aromatic rings. The Bertz CT molecular complexity index is 673. The predicted molar refractivity (Wildman–Crippen MR) is 154 cm³/mol.